The molecule has 1 aliphatic rings. The molecule has 1 saturated heterocycles. The van der Waals surface area contributed by atoms with Gasteiger partial charge >= 0.3 is 23.9 Å². The van der Waals surface area contributed by atoms with Gasteiger partial charge in [0.05, 0.1) is 22.3 Å². The highest BCUT2D eigenvalue weighted by Gasteiger charge is 2.54. The highest BCUT2D eigenvalue weighted by molar-refractivity contribution is 5.91. The van der Waals surface area contributed by atoms with Crippen LogP contribution in [0.15, 0.2) is 98.1 Å². The quantitative estimate of drug-likeness (QED) is 0.166. The Morgan fingerprint density at radius 2 is 0.841 bits per heavy atom. The number of nitrogens with zero attached hydrogens (tertiary/aromatic N) is 4. The van der Waals surface area contributed by atoms with Crippen LogP contribution in [0.1, 0.15) is 41.4 Å². The summed E-state index contributed by atoms with van der Waals surface area (Å²) in [6.45, 7) is 0. The predicted octanol–water partition coefficient (Wildman–Crippen LogP) is 2.46. The summed E-state index contributed by atoms with van der Waals surface area (Å²) in [6.07, 6.45) is 8.75. The van der Waals surface area contributed by atoms with E-state index in [0.717, 1.165) is 0 Å². The maximum absolute atomic E-state index is 13.3. The van der Waals surface area contributed by atoms with Crippen molar-refractivity contribution in [2.24, 2.45) is 0 Å². The molecule has 0 aliphatic carbocycles. The molecule has 4 aromatic heterocycles. The summed E-state index contributed by atoms with van der Waals surface area (Å²) in [5.74, 6) is -1.22. The lowest BCUT2D eigenvalue weighted by Crippen LogP contribution is -2.62. The molecule has 1 aliphatic heterocycles. The van der Waals surface area contributed by atoms with Crippen LogP contribution in [-0.2, 0) is 23.7 Å². The van der Waals surface area contributed by atoms with Crippen LogP contribution >= 0.6 is 0 Å². The van der Waals surface area contributed by atoms with E-state index in [4.69, 9.17) is 30.1 Å². The molecule has 0 amide bonds. The van der Waals surface area contributed by atoms with Gasteiger partial charge in [-0.25, -0.2) is 19.2 Å². The molecular weight excluding hydrogens is 572 g/mol. The van der Waals surface area contributed by atoms with Crippen LogP contribution in [0.5, 0.6) is 0 Å². The molecule has 1 unspecified atom stereocenters. The summed E-state index contributed by atoms with van der Waals surface area (Å²) in [5, 5.41) is 0. The summed E-state index contributed by atoms with van der Waals surface area (Å²) >= 11 is 0. The second-order valence-corrected chi connectivity index (χ2v) is 9.05. The first kappa shape index (κ1) is 29.5. The third-order valence-corrected chi connectivity index (χ3v) is 6.28. The number of terminal acetylenes is 1. The number of esters is 4. The minimum absolute atomic E-state index is 0.0721. The Morgan fingerprint density at radius 3 is 1.20 bits per heavy atom. The molecule has 0 N–H and O–H groups in total. The SMILES string of the molecule is C#C[C@H]1OC(OC(=O)c2ccncc2)[C@@H](OC(=O)c2ccncc2)[C@H](OC(=O)c2ccncc2)[C@@H]1OC(=O)c1ccncc1. The van der Waals surface area contributed by atoms with Crippen LogP contribution in [0, 0.1) is 12.3 Å². The summed E-state index contributed by atoms with van der Waals surface area (Å²) in [7, 11) is 0. The van der Waals surface area contributed by atoms with E-state index in [-0.39, 0.29) is 22.3 Å². The summed E-state index contributed by atoms with van der Waals surface area (Å²) in [5.41, 5.74) is 0.346. The monoisotopic (exact) mass is 594 g/mol. The van der Waals surface area contributed by atoms with Crippen molar-refractivity contribution in [1.29, 1.82) is 0 Å². The van der Waals surface area contributed by atoms with Crippen LogP contribution in [0.3, 0.4) is 0 Å². The minimum atomic E-state index is -1.71. The van der Waals surface area contributed by atoms with E-state index < -0.39 is 54.6 Å². The van der Waals surface area contributed by atoms with Crippen molar-refractivity contribution in [3.63, 3.8) is 0 Å². The van der Waals surface area contributed by atoms with Crippen molar-refractivity contribution in [3.05, 3.63) is 120 Å². The van der Waals surface area contributed by atoms with Crippen LogP contribution in [-0.4, -0.2) is 74.5 Å². The van der Waals surface area contributed by atoms with Gasteiger partial charge in [-0.15, -0.1) is 6.42 Å². The van der Waals surface area contributed by atoms with Crippen molar-refractivity contribution in [3.8, 4) is 12.3 Å². The molecule has 13 nitrogen and oxygen atoms in total. The molecule has 5 atom stereocenters. The summed E-state index contributed by atoms with van der Waals surface area (Å²) in [6, 6.07) is 11.1. The van der Waals surface area contributed by atoms with Crippen LogP contribution in [0.25, 0.3) is 0 Å². The highest BCUT2D eigenvalue weighted by Crippen LogP contribution is 2.31. The Bertz CT molecular complexity index is 1650. The van der Waals surface area contributed by atoms with Crippen molar-refractivity contribution < 1.29 is 42.9 Å². The Hall–Kier alpha value is -6.00. The van der Waals surface area contributed by atoms with Gasteiger partial charge in [0.15, 0.2) is 18.3 Å². The number of carbonyl (C=O) groups excluding carboxylic acids is 4. The number of rotatable bonds is 8. The van der Waals surface area contributed by atoms with Gasteiger partial charge in [0.1, 0.15) is 0 Å². The fourth-order valence-corrected chi connectivity index (χ4v) is 4.13. The second kappa shape index (κ2) is 13.8. The molecule has 13 heteroatoms. The average Bonchev–Trinajstić information content (AvgIpc) is 3.08. The predicted molar refractivity (Wildman–Crippen MR) is 147 cm³/mol. The maximum atomic E-state index is 13.3. The molecule has 44 heavy (non-hydrogen) atoms. The van der Waals surface area contributed by atoms with E-state index in [1.807, 2.05) is 0 Å². The van der Waals surface area contributed by atoms with Gasteiger partial charge in [0.2, 0.25) is 12.4 Å². The number of ether oxygens (including phenoxy) is 5. The fraction of sp³-hybridized carbons (Fsp3) is 0.161. The smallest absolute Gasteiger partial charge is 0.340 e. The number of carbonyl (C=O) groups is 4. The van der Waals surface area contributed by atoms with Crippen LogP contribution in [0.4, 0.5) is 0 Å². The van der Waals surface area contributed by atoms with Gasteiger partial charge in [-0.3, -0.25) is 19.9 Å². The zero-order chi connectivity index (χ0) is 30.9. The molecule has 0 spiro atoms. The van der Waals surface area contributed by atoms with Gasteiger partial charge in [-0.2, -0.15) is 0 Å². The average molecular weight is 595 g/mol. The standard InChI is InChI=1S/C31H22N4O9/c1-2-23-24(41-27(36)19-3-11-32-12-4-19)25(42-28(37)20-5-13-33-14-6-20)26(43-29(38)21-7-15-34-16-8-21)31(40-23)44-30(39)22-9-17-35-18-10-22/h1,3-18,23-26,31H/t23-,24-,25-,26+,31?/m1/s1. The molecule has 5 heterocycles. The van der Waals surface area contributed by atoms with E-state index in [0.29, 0.717) is 0 Å². The van der Waals surface area contributed by atoms with Gasteiger partial charge in [-0.05, 0) is 48.5 Å². The van der Waals surface area contributed by atoms with Gasteiger partial charge in [0.25, 0.3) is 0 Å². The van der Waals surface area contributed by atoms with Crippen molar-refractivity contribution in [1.82, 2.24) is 19.9 Å². The zero-order valence-corrected chi connectivity index (χ0v) is 22.7. The van der Waals surface area contributed by atoms with Crippen molar-refractivity contribution >= 4 is 23.9 Å². The molecule has 220 valence electrons. The molecule has 0 bridgehead atoms. The van der Waals surface area contributed by atoms with Gasteiger partial charge in [-0.1, -0.05) is 5.92 Å². The van der Waals surface area contributed by atoms with Crippen molar-refractivity contribution in [2.45, 2.75) is 30.7 Å². The molecule has 1 fully saturated rings. The number of aromatic nitrogens is 4. The fourth-order valence-electron chi connectivity index (χ4n) is 4.13. The first-order chi connectivity index (χ1) is 21.4. The number of hydrogen-bond acceptors (Lipinski definition) is 13. The van der Waals surface area contributed by atoms with Gasteiger partial charge < -0.3 is 23.7 Å². The first-order valence-corrected chi connectivity index (χ1v) is 13.0. The molecule has 0 aromatic carbocycles. The van der Waals surface area contributed by atoms with E-state index >= 15 is 0 Å². The van der Waals surface area contributed by atoms with E-state index in [9.17, 15) is 19.2 Å². The van der Waals surface area contributed by atoms with E-state index in [2.05, 4.69) is 25.9 Å². The number of pyridine rings is 4. The second-order valence-electron chi connectivity index (χ2n) is 9.05. The normalized spacial score (nSPS) is 20.8. The van der Waals surface area contributed by atoms with Crippen molar-refractivity contribution in [2.75, 3.05) is 0 Å². The summed E-state index contributed by atoms with van der Waals surface area (Å²) in [4.78, 5) is 68.3. The highest BCUT2D eigenvalue weighted by atomic mass is 16.7. The molecule has 4 aromatic rings. The van der Waals surface area contributed by atoms with Gasteiger partial charge in [0, 0.05) is 49.6 Å². The molecule has 0 radical (unpaired) electrons. The first-order valence-electron chi connectivity index (χ1n) is 13.0. The van der Waals surface area contributed by atoms with Crippen LogP contribution in [0.2, 0.25) is 0 Å². The third kappa shape index (κ3) is 6.89. The zero-order valence-electron chi connectivity index (χ0n) is 22.7. The Balaban J connectivity index is 1.54. The molecule has 0 saturated carbocycles. The Morgan fingerprint density at radius 1 is 0.523 bits per heavy atom. The largest absolute Gasteiger partial charge is 0.451 e. The summed E-state index contributed by atoms with van der Waals surface area (Å²) < 4.78 is 28.7. The topological polar surface area (TPSA) is 166 Å². The lowest BCUT2D eigenvalue weighted by Gasteiger charge is -2.42. The Labute approximate surface area is 250 Å². The molecular formula is C31H22N4O9. The maximum Gasteiger partial charge on any atom is 0.340 e. The lowest BCUT2D eigenvalue weighted by molar-refractivity contribution is -0.266. The van der Waals surface area contributed by atoms with Crippen LogP contribution < -0.4 is 0 Å². The minimum Gasteiger partial charge on any atom is -0.451 e. The lowest BCUT2D eigenvalue weighted by atomic mass is 9.97. The van der Waals surface area contributed by atoms with E-state index in [1.165, 1.54) is 98.1 Å². The third-order valence-electron chi connectivity index (χ3n) is 6.28. The molecule has 5 rings (SSSR count). The number of hydrogen-bond donors (Lipinski definition) is 0. The Kier molecular flexibility index (Phi) is 9.23. The van der Waals surface area contributed by atoms with E-state index in [1.54, 1.807) is 0 Å².